The maximum atomic E-state index is 13.7. The lowest BCUT2D eigenvalue weighted by atomic mass is 10.0. The lowest BCUT2D eigenvalue weighted by Gasteiger charge is -2.07. The van der Waals surface area contributed by atoms with Crippen LogP contribution in [0, 0.1) is 36.0 Å². The zero-order chi connectivity index (χ0) is 24.8. The number of aromatic nitrogens is 1. The van der Waals surface area contributed by atoms with Crippen LogP contribution in [0.5, 0.6) is 5.75 Å². The molecule has 1 aromatic heterocycles. The van der Waals surface area contributed by atoms with E-state index in [1.54, 1.807) is 18.3 Å². The lowest BCUT2D eigenvalue weighted by Crippen LogP contribution is -1.94. The second-order valence-corrected chi connectivity index (χ2v) is 7.13. The smallest absolute Gasteiger partial charge is 0.194 e. The first-order chi connectivity index (χ1) is 16.2. The monoisotopic (exact) mass is 479 g/mol. The molecule has 0 fully saturated rings. The minimum Gasteiger partial charge on any atom is -0.294 e. The first kappa shape index (κ1) is 24.8. The van der Waals surface area contributed by atoms with Gasteiger partial charge in [0.2, 0.25) is 0 Å². The van der Waals surface area contributed by atoms with Crippen LogP contribution in [-0.4, -0.2) is 4.98 Å². The highest BCUT2D eigenvalue weighted by Gasteiger charge is 2.12. The molecule has 176 valence electrons. The van der Waals surface area contributed by atoms with Crippen molar-refractivity contribution in [2.24, 2.45) is 0 Å². The second kappa shape index (κ2) is 10.8. The second-order valence-electron chi connectivity index (χ2n) is 7.13. The maximum absolute atomic E-state index is 13.7. The molecule has 0 amide bonds. The van der Waals surface area contributed by atoms with Crippen molar-refractivity contribution in [2.45, 2.75) is 13.6 Å². The van der Waals surface area contributed by atoms with Crippen LogP contribution in [0.1, 0.15) is 11.1 Å². The molecule has 0 radical (unpaired) electrons. The number of hydrogen-bond acceptors (Lipinski definition) is 2. The fourth-order valence-corrected chi connectivity index (χ4v) is 2.95. The summed E-state index contributed by atoms with van der Waals surface area (Å²) in [6.07, 6.45) is 1.78. The Balaban J connectivity index is 0.000000248. The van der Waals surface area contributed by atoms with Gasteiger partial charge in [-0.2, -0.15) is 0 Å². The average molecular weight is 479 g/mol. The molecule has 0 spiro atoms. The van der Waals surface area contributed by atoms with Gasteiger partial charge in [0.1, 0.15) is 18.3 Å². The molecule has 0 N–H and O–H groups in total. The van der Waals surface area contributed by atoms with Crippen LogP contribution in [0.15, 0.2) is 66.9 Å². The predicted molar refractivity (Wildman–Crippen MR) is 113 cm³/mol. The third kappa shape index (κ3) is 5.72. The number of benzene rings is 3. The fraction of sp³-hybridized carbons (Fsp3) is 0.0800. The first-order valence-corrected chi connectivity index (χ1v) is 9.74. The largest absolute Gasteiger partial charge is 0.294 e. The van der Waals surface area contributed by atoms with Crippen LogP contribution in [0.2, 0.25) is 0 Å². The molecule has 0 saturated carbocycles. The molecule has 4 aromatic rings. The van der Waals surface area contributed by atoms with E-state index >= 15 is 0 Å². The van der Waals surface area contributed by atoms with Crippen LogP contribution in [-0.2, 0) is 6.67 Å². The predicted octanol–water partition coefficient (Wildman–Crippen LogP) is 7.84. The van der Waals surface area contributed by atoms with Crippen molar-refractivity contribution in [2.75, 3.05) is 0 Å². The third-order valence-corrected chi connectivity index (χ3v) is 4.75. The Morgan fingerprint density at radius 2 is 1.26 bits per heavy atom. The van der Waals surface area contributed by atoms with Crippen molar-refractivity contribution in [3.8, 4) is 28.1 Å². The summed E-state index contributed by atoms with van der Waals surface area (Å²) in [7, 11) is 0. The molecule has 0 aliphatic rings. The van der Waals surface area contributed by atoms with Gasteiger partial charge in [-0.3, -0.25) is 9.93 Å². The van der Waals surface area contributed by atoms with Crippen molar-refractivity contribution in [3.63, 3.8) is 0 Å². The molecule has 0 atom stereocenters. The average Bonchev–Trinajstić information content (AvgIpc) is 2.83. The Labute approximate surface area is 190 Å². The van der Waals surface area contributed by atoms with Crippen LogP contribution in [0.3, 0.4) is 0 Å². The summed E-state index contributed by atoms with van der Waals surface area (Å²) in [4.78, 5) is 7.32. The van der Waals surface area contributed by atoms with Crippen molar-refractivity contribution in [1.82, 2.24) is 4.98 Å². The zero-order valence-corrected chi connectivity index (χ0v) is 17.6. The minimum atomic E-state index is -1.65. The number of hydrogen-bond donors (Lipinski definition) is 0. The van der Waals surface area contributed by atoms with E-state index in [1.807, 2.05) is 31.2 Å². The van der Waals surface area contributed by atoms with Crippen LogP contribution in [0.25, 0.3) is 22.4 Å². The lowest BCUT2D eigenvalue weighted by molar-refractivity contribution is -0.00711. The molecular weight excluding hydrogens is 463 g/mol. The summed E-state index contributed by atoms with van der Waals surface area (Å²) in [5.74, 6) is -7.07. The molecule has 4 rings (SSSR count). The highest BCUT2D eigenvalue weighted by molar-refractivity contribution is 5.69. The van der Waals surface area contributed by atoms with E-state index in [-0.39, 0.29) is 0 Å². The van der Waals surface area contributed by atoms with E-state index in [0.717, 1.165) is 29.0 Å². The highest BCUT2D eigenvalue weighted by atomic mass is 19.3. The van der Waals surface area contributed by atoms with E-state index < -0.39 is 47.1 Å². The summed E-state index contributed by atoms with van der Waals surface area (Å²) in [5, 5.41) is 0. The van der Waals surface area contributed by atoms with Gasteiger partial charge < -0.3 is 0 Å². The summed E-state index contributed by atoms with van der Waals surface area (Å²) >= 11 is 0. The molecule has 0 bridgehead atoms. The number of aryl methyl sites for hydroxylation is 1. The SMILES string of the molecule is Cc1ccc(-c2ccc(-c3cc(F)c(CF)c(F)c3)cc2)nc1.FOc1cc(F)c(F)c(F)c1. The Morgan fingerprint density at radius 1 is 0.706 bits per heavy atom. The van der Waals surface area contributed by atoms with Gasteiger partial charge in [-0.1, -0.05) is 30.3 Å². The molecule has 0 unspecified atom stereocenters. The Kier molecular flexibility index (Phi) is 7.88. The molecule has 0 saturated heterocycles. The van der Waals surface area contributed by atoms with E-state index in [2.05, 4.69) is 9.93 Å². The Bertz CT molecular complexity index is 1230. The Morgan fingerprint density at radius 3 is 1.74 bits per heavy atom. The van der Waals surface area contributed by atoms with Gasteiger partial charge in [0.05, 0.1) is 11.3 Å². The summed E-state index contributed by atoms with van der Waals surface area (Å²) in [6, 6.07) is 14.2. The van der Waals surface area contributed by atoms with E-state index in [4.69, 9.17) is 0 Å². The quantitative estimate of drug-likeness (QED) is 0.220. The maximum Gasteiger partial charge on any atom is 0.194 e. The normalized spacial score (nSPS) is 10.5. The van der Waals surface area contributed by atoms with Crippen molar-refractivity contribution in [1.29, 1.82) is 0 Å². The van der Waals surface area contributed by atoms with Crippen molar-refractivity contribution >= 4 is 0 Å². The standard InChI is InChI=1S/C19H14F3N.C6H2F4O/c1-12-2-7-19(23-11-12)14-5-3-13(4-6-14)15-8-17(21)16(10-20)18(22)9-15;7-4-1-3(11-10)2-5(8)6(4)9/h2-9,11H,10H2,1H3;1-2H. The molecule has 3 aromatic carbocycles. The van der Waals surface area contributed by atoms with Gasteiger partial charge >= 0.3 is 0 Å². The minimum absolute atomic E-state index is 0.376. The number of pyridine rings is 1. The third-order valence-electron chi connectivity index (χ3n) is 4.75. The molecule has 34 heavy (non-hydrogen) atoms. The van der Waals surface area contributed by atoms with Gasteiger partial charge in [-0.05, 0) is 41.8 Å². The van der Waals surface area contributed by atoms with Crippen molar-refractivity contribution in [3.05, 3.63) is 107 Å². The number of nitrogens with zero attached hydrogens (tertiary/aromatic N) is 1. The molecule has 1 heterocycles. The fourth-order valence-electron chi connectivity index (χ4n) is 2.95. The summed E-state index contributed by atoms with van der Waals surface area (Å²) in [5.41, 5.74) is 3.31. The van der Waals surface area contributed by atoms with Crippen molar-refractivity contribution < 1.29 is 35.8 Å². The molecule has 2 nitrogen and oxygen atoms in total. The molecular formula is C25H16F7NO. The zero-order valence-electron chi connectivity index (χ0n) is 17.6. The number of alkyl halides is 1. The van der Waals surface area contributed by atoms with Crippen LogP contribution < -0.4 is 4.94 Å². The topological polar surface area (TPSA) is 22.1 Å². The van der Waals surface area contributed by atoms with E-state index in [1.165, 1.54) is 0 Å². The van der Waals surface area contributed by atoms with E-state index in [0.29, 0.717) is 23.3 Å². The molecule has 0 aliphatic carbocycles. The van der Waals surface area contributed by atoms with Gasteiger partial charge in [0, 0.05) is 28.4 Å². The summed E-state index contributed by atoms with van der Waals surface area (Å²) < 4.78 is 87.7. The van der Waals surface area contributed by atoms with Crippen LogP contribution >= 0.6 is 0 Å². The first-order valence-electron chi connectivity index (χ1n) is 9.74. The number of halogens is 7. The van der Waals surface area contributed by atoms with E-state index in [9.17, 15) is 30.9 Å². The highest BCUT2D eigenvalue weighted by Crippen LogP contribution is 2.27. The molecule has 9 heteroatoms. The van der Waals surface area contributed by atoms with Crippen LogP contribution in [0.4, 0.5) is 30.9 Å². The molecule has 0 aliphatic heterocycles. The van der Waals surface area contributed by atoms with Gasteiger partial charge in [0.15, 0.2) is 23.2 Å². The Hall–Kier alpha value is -3.88. The summed E-state index contributed by atoms with van der Waals surface area (Å²) in [6.45, 7) is 0.806. The van der Waals surface area contributed by atoms with Gasteiger partial charge in [0.25, 0.3) is 0 Å². The van der Waals surface area contributed by atoms with Gasteiger partial charge in [-0.25, -0.2) is 26.3 Å². The van der Waals surface area contributed by atoms with Gasteiger partial charge in [-0.15, -0.1) is 0 Å². The number of rotatable bonds is 4.